The van der Waals surface area contributed by atoms with E-state index < -0.39 is 18.1 Å². The summed E-state index contributed by atoms with van der Waals surface area (Å²) in [5, 5.41) is 12.9. The minimum atomic E-state index is -1.04. The third-order valence-corrected chi connectivity index (χ3v) is 7.91. The molecule has 0 fully saturated rings. The van der Waals surface area contributed by atoms with Gasteiger partial charge in [-0.3, -0.25) is 14.4 Å². The first-order valence-electron chi connectivity index (χ1n) is 14.8. The lowest BCUT2D eigenvalue weighted by atomic mass is 9.93. The fourth-order valence-corrected chi connectivity index (χ4v) is 5.69. The zero-order valence-electron chi connectivity index (χ0n) is 26.2. The largest absolute Gasteiger partial charge is 0.481 e. The highest BCUT2D eigenvalue weighted by atomic mass is 16.4. The van der Waals surface area contributed by atoms with Crippen LogP contribution in [-0.4, -0.2) is 56.5 Å². The third kappa shape index (κ3) is 7.40. The molecular weight excluding hydrogens is 542 g/mol. The van der Waals surface area contributed by atoms with Crippen LogP contribution in [0.1, 0.15) is 66.6 Å². The minimum Gasteiger partial charge on any atom is -0.481 e. The van der Waals surface area contributed by atoms with Crippen LogP contribution in [0.5, 0.6) is 0 Å². The Hall–Kier alpha value is -4.24. The number of carboxylic acid groups (broad SMARTS) is 1. The van der Waals surface area contributed by atoms with Gasteiger partial charge in [-0.05, 0) is 93.1 Å². The number of benzene rings is 1. The molecule has 0 saturated carbocycles. The Bertz CT molecular complexity index is 1660. The average Bonchev–Trinajstić information content (AvgIpc) is 3.39. The van der Waals surface area contributed by atoms with E-state index in [2.05, 4.69) is 15.2 Å². The summed E-state index contributed by atoms with van der Waals surface area (Å²) in [4.78, 5) is 46.0. The van der Waals surface area contributed by atoms with E-state index in [4.69, 9.17) is 0 Å². The molecule has 4 aromatic rings. The number of amides is 1. The van der Waals surface area contributed by atoms with Crippen LogP contribution in [0.15, 0.2) is 59.9 Å². The highest BCUT2D eigenvalue weighted by Crippen LogP contribution is 2.33. The van der Waals surface area contributed by atoms with Crippen LogP contribution in [0.3, 0.4) is 0 Å². The minimum absolute atomic E-state index is 0.116. The Kier molecular flexibility index (Phi) is 9.86. The Morgan fingerprint density at radius 1 is 1.05 bits per heavy atom. The normalized spacial score (nSPS) is 13.0. The van der Waals surface area contributed by atoms with Gasteiger partial charge in [0, 0.05) is 43.0 Å². The smallest absolute Gasteiger partial charge is 0.305 e. The Labute approximate surface area is 253 Å². The molecule has 2 atom stereocenters. The number of nitrogens with one attached hydrogen (secondary N) is 1. The topological polar surface area (TPSA) is 109 Å². The van der Waals surface area contributed by atoms with Crippen LogP contribution in [-0.2, 0) is 16.0 Å². The summed E-state index contributed by atoms with van der Waals surface area (Å²) in [7, 11) is 3.99. The van der Waals surface area contributed by atoms with Crippen molar-refractivity contribution in [3.8, 4) is 11.1 Å². The molecule has 3 aromatic heterocycles. The predicted molar refractivity (Wildman–Crippen MR) is 169 cm³/mol. The monoisotopic (exact) mass is 585 g/mol. The van der Waals surface area contributed by atoms with Gasteiger partial charge in [0.15, 0.2) is 0 Å². The summed E-state index contributed by atoms with van der Waals surface area (Å²) in [5.41, 5.74) is 7.06. The van der Waals surface area contributed by atoms with Gasteiger partial charge in [-0.15, -0.1) is 0 Å². The Morgan fingerprint density at radius 2 is 1.74 bits per heavy atom. The predicted octanol–water partition coefficient (Wildman–Crippen LogP) is 5.11. The summed E-state index contributed by atoms with van der Waals surface area (Å²) in [6.45, 7) is 10.8. The van der Waals surface area contributed by atoms with E-state index in [0.29, 0.717) is 12.0 Å². The number of likely N-dealkylation sites (N-methyl/N-ethyl adjacent to an activating group) is 1. The van der Waals surface area contributed by atoms with Gasteiger partial charge in [-0.1, -0.05) is 32.0 Å². The summed E-state index contributed by atoms with van der Waals surface area (Å²) in [6.07, 6.45) is 8.00. The van der Waals surface area contributed by atoms with Gasteiger partial charge in [0.2, 0.25) is 5.91 Å². The van der Waals surface area contributed by atoms with E-state index in [1.165, 1.54) is 4.57 Å². The number of carbonyl (C=O) groups excluding carboxylic acids is 1. The van der Waals surface area contributed by atoms with E-state index in [1.54, 1.807) is 18.5 Å². The third-order valence-electron chi connectivity index (χ3n) is 7.91. The molecule has 0 saturated heterocycles. The number of rotatable bonds is 12. The van der Waals surface area contributed by atoms with E-state index in [0.717, 1.165) is 52.0 Å². The summed E-state index contributed by atoms with van der Waals surface area (Å²) in [6, 6.07) is 7.97. The van der Waals surface area contributed by atoms with Crippen molar-refractivity contribution in [1.29, 1.82) is 0 Å². The van der Waals surface area contributed by atoms with Crippen molar-refractivity contribution in [2.45, 2.75) is 66.0 Å². The highest BCUT2D eigenvalue weighted by Gasteiger charge is 2.28. The standard InChI is InChI=1S/C34H43N5O4/c1-21(2)15-29(39-20-25(11-13-37(6)7)24(5)16-30(39)40)34(43)36-28(18-31(41)42)26-17-27(33-35-12-14-38(33)19-26)32-22(3)9-8-10-23(32)4/h8-10,12,14,16-17,19-21,28-29H,11,13,15,18H2,1-7H3,(H,36,43)(H,41,42)/t28-,29-/m1/s1. The van der Waals surface area contributed by atoms with Crippen LogP contribution < -0.4 is 10.9 Å². The average molecular weight is 586 g/mol. The number of hydrogen-bond acceptors (Lipinski definition) is 5. The molecule has 0 bridgehead atoms. The number of carbonyl (C=O) groups is 2. The van der Waals surface area contributed by atoms with Gasteiger partial charge < -0.3 is 24.3 Å². The zero-order valence-corrected chi connectivity index (χ0v) is 26.2. The molecule has 9 heteroatoms. The first-order chi connectivity index (χ1) is 20.3. The molecular formula is C34H43N5O4. The van der Waals surface area contributed by atoms with Crippen LogP contribution in [0.2, 0.25) is 0 Å². The molecule has 0 unspecified atom stereocenters. The van der Waals surface area contributed by atoms with Crippen LogP contribution in [0.4, 0.5) is 0 Å². The molecule has 1 aromatic carbocycles. The lowest BCUT2D eigenvalue weighted by molar-refractivity contribution is -0.138. The second kappa shape index (κ2) is 13.4. The van der Waals surface area contributed by atoms with Crippen molar-refractivity contribution < 1.29 is 14.7 Å². The van der Waals surface area contributed by atoms with E-state index >= 15 is 0 Å². The number of fused-ring (bicyclic) bond motifs is 1. The molecule has 2 N–H and O–H groups in total. The Morgan fingerprint density at radius 3 is 2.37 bits per heavy atom. The number of hydrogen-bond donors (Lipinski definition) is 2. The van der Waals surface area contributed by atoms with E-state index in [1.807, 2.05) is 89.8 Å². The lowest BCUT2D eigenvalue weighted by Crippen LogP contribution is -2.40. The van der Waals surface area contributed by atoms with Gasteiger partial charge in [-0.2, -0.15) is 0 Å². The molecule has 4 rings (SSSR count). The van der Waals surface area contributed by atoms with E-state index in [-0.39, 0.29) is 23.8 Å². The zero-order chi connectivity index (χ0) is 31.4. The van der Waals surface area contributed by atoms with Crippen LogP contribution >= 0.6 is 0 Å². The van der Waals surface area contributed by atoms with Gasteiger partial charge in [0.1, 0.15) is 11.7 Å². The molecule has 228 valence electrons. The van der Waals surface area contributed by atoms with Crippen molar-refractivity contribution in [2.75, 3.05) is 20.6 Å². The van der Waals surface area contributed by atoms with Crippen molar-refractivity contribution >= 4 is 17.5 Å². The van der Waals surface area contributed by atoms with Gasteiger partial charge in [0.05, 0.1) is 12.5 Å². The number of pyridine rings is 2. The number of imidazole rings is 1. The van der Waals surface area contributed by atoms with E-state index in [9.17, 15) is 19.5 Å². The highest BCUT2D eigenvalue weighted by molar-refractivity contribution is 5.84. The maximum atomic E-state index is 14.0. The number of aliphatic carboxylic acids is 1. The molecule has 0 aliphatic rings. The van der Waals surface area contributed by atoms with Crippen molar-refractivity contribution in [1.82, 2.24) is 24.2 Å². The van der Waals surface area contributed by atoms with Gasteiger partial charge in [-0.25, -0.2) is 4.98 Å². The second-order valence-corrected chi connectivity index (χ2v) is 12.2. The molecule has 0 radical (unpaired) electrons. The lowest BCUT2D eigenvalue weighted by Gasteiger charge is -2.26. The summed E-state index contributed by atoms with van der Waals surface area (Å²) < 4.78 is 3.39. The maximum absolute atomic E-state index is 14.0. The van der Waals surface area contributed by atoms with Crippen LogP contribution in [0.25, 0.3) is 16.8 Å². The molecule has 0 spiro atoms. The first-order valence-corrected chi connectivity index (χ1v) is 14.8. The molecule has 3 heterocycles. The quantitative estimate of drug-likeness (QED) is 0.239. The number of carboxylic acids is 1. The van der Waals surface area contributed by atoms with Gasteiger partial charge >= 0.3 is 5.97 Å². The summed E-state index contributed by atoms with van der Waals surface area (Å²) >= 11 is 0. The van der Waals surface area contributed by atoms with Crippen molar-refractivity contribution in [3.63, 3.8) is 0 Å². The molecule has 9 nitrogen and oxygen atoms in total. The second-order valence-electron chi connectivity index (χ2n) is 12.2. The fraction of sp³-hybridized carbons (Fsp3) is 0.412. The molecule has 43 heavy (non-hydrogen) atoms. The molecule has 0 aliphatic carbocycles. The Balaban J connectivity index is 1.78. The van der Waals surface area contributed by atoms with Crippen molar-refractivity contribution in [3.05, 3.63) is 93.3 Å². The fourth-order valence-electron chi connectivity index (χ4n) is 5.69. The molecule has 0 aliphatic heterocycles. The number of nitrogens with zero attached hydrogens (tertiary/aromatic N) is 4. The SMILES string of the molecule is Cc1cc(=O)n([C@H](CC(C)C)C(=O)N[C@H](CC(=O)O)c2cc(-c3c(C)cccc3C)c3nccn3c2)cc1CCN(C)C. The number of aromatic nitrogens is 3. The van der Waals surface area contributed by atoms with Gasteiger partial charge in [0.25, 0.3) is 5.56 Å². The van der Waals surface area contributed by atoms with Crippen molar-refractivity contribution in [2.24, 2.45) is 5.92 Å². The first kappa shape index (κ1) is 31.7. The molecule has 1 amide bonds. The maximum Gasteiger partial charge on any atom is 0.305 e. The number of aryl methyl sites for hydroxylation is 3. The van der Waals surface area contributed by atoms with Crippen LogP contribution in [0, 0.1) is 26.7 Å². The summed E-state index contributed by atoms with van der Waals surface area (Å²) in [5.74, 6) is -1.31.